The summed E-state index contributed by atoms with van der Waals surface area (Å²) in [6.45, 7) is 5.86. The summed E-state index contributed by atoms with van der Waals surface area (Å²) >= 11 is -0.139. The second-order valence-corrected chi connectivity index (χ2v) is 5.60. The molecule has 0 aliphatic carbocycles. The molecular formula is C4H8Zn. The van der Waals surface area contributed by atoms with Crippen LogP contribution < -0.4 is 0 Å². The van der Waals surface area contributed by atoms with Crippen LogP contribution in [0.4, 0.5) is 0 Å². The molecule has 0 heterocycles. The van der Waals surface area contributed by atoms with Gasteiger partial charge < -0.3 is 0 Å². The minimum absolute atomic E-state index is 0.139. The molecule has 0 aliphatic rings. The quantitative estimate of drug-likeness (QED) is 0.488. The summed E-state index contributed by atoms with van der Waals surface area (Å²) in [7, 11) is 0. The molecule has 0 rings (SSSR count). The molecule has 5 heavy (non-hydrogen) atoms. The molecule has 1 heteroatoms. The summed E-state index contributed by atoms with van der Waals surface area (Å²) in [5.74, 6) is 0. The molecule has 0 amide bonds. The van der Waals surface area contributed by atoms with Gasteiger partial charge in [0.15, 0.2) is 0 Å². The summed E-state index contributed by atoms with van der Waals surface area (Å²) in [5.41, 5.74) is 0. The Morgan fingerprint density at radius 2 is 2.60 bits per heavy atom. The van der Waals surface area contributed by atoms with Crippen molar-refractivity contribution in [2.45, 2.75) is 11.9 Å². The molecule has 0 aromatic rings. The Balaban J connectivity index is 2.40. The van der Waals surface area contributed by atoms with Crippen LogP contribution in [0.5, 0.6) is 0 Å². The molecule has 26 valence electrons. The molecule has 0 unspecified atom stereocenters. The van der Waals surface area contributed by atoms with Gasteiger partial charge in [0.1, 0.15) is 0 Å². The fourth-order valence-electron chi connectivity index (χ4n) is 0.204. The van der Waals surface area contributed by atoms with Gasteiger partial charge in [-0.25, -0.2) is 0 Å². The zero-order chi connectivity index (χ0) is 4.12. The molecule has 0 saturated heterocycles. The first kappa shape index (κ1) is 5.36. The third-order valence-corrected chi connectivity index (χ3v) is 2.56. The molecular weight excluding hydrogens is 113 g/mol. The van der Waals surface area contributed by atoms with E-state index in [1.165, 1.54) is 5.02 Å². The maximum atomic E-state index is 3.63. The number of hydrogen-bond donors (Lipinski definition) is 0. The van der Waals surface area contributed by atoms with Crippen molar-refractivity contribution in [3.8, 4) is 0 Å². The second kappa shape index (κ2) is 4.36. The molecule has 0 nitrogen and oxygen atoms in total. The maximum absolute atomic E-state index is 3.63. The normalized spacial score (nSPS) is 5.80. The van der Waals surface area contributed by atoms with Crippen molar-refractivity contribution < 1.29 is 17.1 Å². The Hall–Kier alpha value is 0.363. The third-order valence-electron chi connectivity index (χ3n) is 0.493. The molecule has 0 atom stereocenters. The van der Waals surface area contributed by atoms with Crippen molar-refractivity contribution in [1.29, 1.82) is 0 Å². The molecule has 0 N–H and O–H groups in total. The van der Waals surface area contributed by atoms with Gasteiger partial charge in [-0.1, -0.05) is 0 Å². The van der Waals surface area contributed by atoms with Crippen LogP contribution >= 0.6 is 0 Å². The SMILES string of the molecule is C=[CH][Zn][CH2]C. The van der Waals surface area contributed by atoms with E-state index in [1.807, 2.05) is 0 Å². The van der Waals surface area contributed by atoms with Gasteiger partial charge in [0, 0.05) is 0 Å². The van der Waals surface area contributed by atoms with E-state index in [-0.39, 0.29) is 17.1 Å². The average Bonchev–Trinajstić information content (AvgIpc) is 1.41. The van der Waals surface area contributed by atoms with Gasteiger partial charge in [0.05, 0.1) is 0 Å². The van der Waals surface area contributed by atoms with Crippen LogP contribution in [0, 0.1) is 0 Å². The molecule has 0 saturated carbocycles. The summed E-state index contributed by atoms with van der Waals surface area (Å²) in [6.07, 6.45) is 0. The minimum atomic E-state index is -0.139. The first-order valence-electron chi connectivity index (χ1n) is 2.02. The molecule has 0 fully saturated rings. The Morgan fingerprint density at radius 3 is 2.60 bits per heavy atom. The van der Waals surface area contributed by atoms with Crippen LogP contribution in [0.1, 0.15) is 6.92 Å². The fourth-order valence-corrected chi connectivity index (χ4v) is 1.06. The summed E-state index contributed by atoms with van der Waals surface area (Å²) < 4.78 is 2.12. The molecule has 0 spiro atoms. The van der Waals surface area contributed by atoms with Gasteiger partial charge in [-0.15, -0.1) is 0 Å². The van der Waals surface area contributed by atoms with E-state index in [4.69, 9.17) is 0 Å². The Labute approximate surface area is 40.9 Å². The predicted molar refractivity (Wildman–Crippen MR) is 20.7 cm³/mol. The van der Waals surface area contributed by atoms with E-state index < -0.39 is 0 Å². The average molecular weight is 121 g/mol. The zero-order valence-electron chi connectivity index (χ0n) is 3.70. The van der Waals surface area contributed by atoms with E-state index in [2.05, 4.69) is 18.2 Å². The van der Waals surface area contributed by atoms with E-state index in [0.717, 1.165) is 0 Å². The van der Waals surface area contributed by atoms with Gasteiger partial charge in [-0.3, -0.25) is 0 Å². The number of rotatable bonds is 2. The third kappa shape index (κ3) is 4.36. The van der Waals surface area contributed by atoms with Gasteiger partial charge in [-0.2, -0.15) is 0 Å². The Bertz CT molecular complexity index is 24.8. The van der Waals surface area contributed by atoms with E-state index >= 15 is 0 Å². The molecule has 0 bridgehead atoms. The standard InChI is InChI=1S/C2H5.C2H3.Zn/c2*1-2;/h1H2,2H3;1H,2H2;. The van der Waals surface area contributed by atoms with Crippen LogP contribution in [0.15, 0.2) is 11.2 Å². The van der Waals surface area contributed by atoms with Crippen molar-refractivity contribution in [1.82, 2.24) is 0 Å². The summed E-state index contributed by atoms with van der Waals surface area (Å²) in [6, 6.07) is 0. The first-order chi connectivity index (χ1) is 2.41. The zero-order valence-corrected chi connectivity index (χ0v) is 6.67. The first-order valence-corrected chi connectivity index (χ1v) is 5.83. The van der Waals surface area contributed by atoms with E-state index in [9.17, 15) is 0 Å². The van der Waals surface area contributed by atoms with Crippen molar-refractivity contribution in [2.24, 2.45) is 0 Å². The summed E-state index contributed by atoms with van der Waals surface area (Å²) in [4.78, 5) is 0. The van der Waals surface area contributed by atoms with E-state index in [0.29, 0.717) is 0 Å². The fraction of sp³-hybridized carbons (Fsp3) is 0.500. The van der Waals surface area contributed by atoms with Gasteiger partial charge in [0.2, 0.25) is 0 Å². The summed E-state index contributed by atoms with van der Waals surface area (Å²) in [5, 5.41) is 1.41. The predicted octanol–water partition coefficient (Wildman–Crippen LogP) is 1.65. The van der Waals surface area contributed by atoms with Crippen molar-refractivity contribution in [3.63, 3.8) is 0 Å². The topological polar surface area (TPSA) is 0 Å². The van der Waals surface area contributed by atoms with Crippen LogP contribution in [-0.4, -0.2) is 0 Å². The van der Waals surface area contributed by atoms with Crippen LogP contribution in [0.25, 0.3) is 0 Å². The molecule has 0 aromatic heterocycles. The molecule has 0 radical (unpaired) electrons. The van der Waals surface area contributed by atoms with Gasteiger partial charge in [-0.05, 0) is 0 Å². The van der Waals surface area contributed by atoms with Crippen LogP contribution in [0.3, 0.4) is 0 Å². The molecule has 0 aliphatic heterocycles. The second-order valence-electron chi connectivity index (χ2n) is 1.08. The van der Waals surface area contributed by atoms with Crippen LogP contribution in [0.2, 0.25) is 5.02 Å². The van der Waals surface area contributed by atoms with Crippen LogP contribution in [-0.2, 0) is 17.1 Å². The molecule has 0 aromatic carbocycles. The van der Waals surface area contributed by atoms with Crippen molar-refractivity contribution in [3.05, 3.63) is 11.2 Å². The van der Waals surface area contributed by atoms with Gasteiger partial charge in [0.25, 0.3) is 0 Å². The van der Waals surface area contributed by atoms with Crippen molar-refractivity contribution in [2.75, 3.05) is 0 Å². The number of hydrogen-bond acceptors (Lipinski definition) is 0. The Kier molecular flexibility index (Phi) is 4.68. The monoisotopic (exact) mass is 120 g/mol. The van der Waals surface area contributed by atoms with E-state index in [1.54, 1.807) is 0 Å². The van der Waals surface area contributed by atoms with Gasteiger partial charge >= 0.3 is 40.3 Å². The van der Waals surface area contributed by atoms with Crippen molar-refractivity contribution >= 4 is 0 Å². The Morgan fingerprint density at radius 1 is 2.00 bits per heavy atom.